The Kier molecular flexibility index (Phi) is 12.1. The normalized spacial score (nSPS) is 20.8. The van der Waals surface area contributed by atoms with Gasteiger partial charge in [0.2, 0.25) is 0 Å². The van der Waals surface area contributed by atoms with E-state index in [1.807, 2.05) is 97.1 Å². The van der Waals surface area contributed by atoms with Crippen LogP contribution in [0.1, 0.15) is 38.6 Å². The quantitative estimate of drug-likeness (QED) is 0.104. The van der Waals surface area contributed by atoms with Crippen LogP contribution < -0.4 is 4.74 Å². The highest BCUT2D eigenvalue weighted by molar-refractivity contribution is 8.00. The van der Waals surface area contributed by atoms with E-state index in [0.717, 1.165) is 44.9 Å². The summed E-state index contributed by atoms with van der Waals surface area (Å²) >= 11 is 1.73. The standard InChI is InChI=1S/C47H44O6S/c1-5-17-34(18-6-1)29-48-33-42-43(49-30-35-19-7-2-8-20-35)44(50-31-36-21-9-3-10-22-36)45(51-32-37-23-11-4-12-24-37)47(53-42)54-46-38-25-13-15-27-40(38)52-41-28-16-14-26-39(41)46/h1-28,42-47H,29-33H2/t42-,43-,44+,45-,47-/m1/s1. The Balaban J connectivity index is 1.16. The Bertz CT molecular complexity index is 1980. The van der Waals surface area contributed by atoms with Gasteiger partial charge in [0.15, 0.2) is 0 Å². The van der Waals surface area contributed by atoms with Crippen LogP contribution in [0, 0.1) is 0 Å². The first-order valence-corrected chi connectivity index (χ1v) is 19.5. The van der Waals surface area contributed by atoms with Crippen molar-refractivity contribution in [2.75, 3.05) is 6.61 Å². The smallest absolute Gasteiger partial charge is 0.133 e. The zero-order valence-corrected chi connectivity index (χ0v) is 30.8. The second-order valence-corrected chi connectivity index (χ2v) is 14.7. The minimum atomic E-state index is -0.507. The van der Waals surface area contributed by atoms with E-state index in [-0.39, 0.29) is 5.25 Å². The second kappa shape index (κ2) is 18.1. The average molecular weight is 737 g/mol. The largest absolute Gasteiger partial charge is 0.457 e. The summed E-state index contributed by atoms with van der Waals surface area (Å²) in [6, 6.07) is 57.5. The van der Waals surface area contributed by atoms with Crippen LogP contribution >= 0.6 is 11.8 Å². The molecule has 8 rings (SSSR count). The number of fused-ring (bicyclic) bond motifs is 2. The molecule has 0 radical (unpaired) electrons. The SMILES string of the molecule is c1ccc(COC[C@H]2O[C@H](SC3c4ccccc4Oc4ccccc43)[C@H](OCc3ccccc3)[C@@H](OCc3ccccc3)[C@@H]2OCc2ccccc2)cc1. The minimum absolute atomic E-state index is 0.0820. The number of hydrogen-bond donors (Lipinski definition) is 0. The van der Waals surface area contributed by atoms with Crippen molar-refractivity contribution in [1.82, 2.24) is 0 Å². The summed E-state index contributed by atoms with van der Waals surface area (Å²) in [7, 11) is 0. The molecule has 0 N–H and O–H groups in total. The molecule has 0 unspecified atom stereocenters. The van der Waals surface area contributed by atoms with Crippen molar-refractivity contribution < 1.29 is 28.4 Å². The number of ether oxygens (including phenoxy) is 6. The maximum Gasteiger partial charge on any atom is 0.133 e. The van der Waals surface area contributed by atoms with E-state index in [1.165, 1.54) is 0 Å². The fourth-order valence-corrected chi connectivity index (χ4v) is 8.55. The lowest BCUT2D eigenvalue weighted by Crippen LogP contribution is -2.60. The molecule has 0 bridgehead atoms. The van der Waals surface area contributed by atoms with Crippen LogP contribution in [0.25, 0.3) is 0 Å². The average Bonchev–Trinajstić information content (AvgIpc) is 3.23. The Morgan fingerprint density at radius 1 is 0.426 bits per heavy atom. The zero-order valence-electron chi connectivity index (χ0n) is 30.0. The summed E-state index contributed by atoms with van der Waals surface area (Å²) in [4.78, 5) is 0. The van der Waals surface area contributed by atoms with Gasteiger partial charge in [-0.25, -0.2) is 0 Å². The summed E-state index contributed by atoms with van der Waals surface area (Å²) in [5, 5.41) is -0.0820. The molecular weight excluding hydrogens is 693 g/mol. The van der Waals surface area contributed by atoms with Crippen molar-refractivity contribution in [3.8, 4) is 11.5 Å². The first kappa shape index (κ1) is 36.3. The Labute approximate surface area is 322 Å². The summed E-state index contributed by atoms with van der Waals surface area (Å²) < 4.78 is 40.9. The van der Waals surface area contributed by atoms with Gasteiger partial charge in [-0.05, 0) is 34.4 Å². The van der Waals surface area contributed by atoms with Crippen LogP contribution in [0.4, 0.5) is 0 Å². The molecule has 5 atom stereocenters. The number of rotatable bonds is 15. The first-order chi connectivity index (χ1) is 26.8. The molecular formula is C47H44O6S. The Morgan fingerprint density at radius 3 is 1.33 bits per heavy atom. The van der Waals surface area contributed by atoms with Crippen LogP contribution in [0.15, 0.2) is 170 Å². The van der Waals surface area contributed by atoms with E-state index in [1.54, 1.807) is 11.8 Å². The van der Waals surface area contributed by atoms with E-state index < -0.39 is 29.9 Å². The van der Waals surface area contributed by atoms with Crippen molar-refractivity contribution in [2.45, 2.75) is 61.5 Å². The van der Waals surface area contributed by atoms with Crippen molar-refractivity contribution in [3.05, 3.63) is 203 Å². The van der Waals surface area contributed by atoms with Gasteiger partial charge in [0.05, 0.1) is 38.3 Å². The number of benzene rings is 6. The lowest BCUT2D eigenvalue weighted by Gasteiger charge is -2.47. The second-order valence-electron chi connectivity index (χ2n) is 13.5. The molecule has 0 aliphatic carbocycles. The highest BCUT2D eigenvalue weighted by Gasteiger charge is 2.50. The van der Waals surface area contributed by atoms with Gasteiger partial charge < -0.3 is 28.4 Å². The van der Waals surface area contributed by atoms with Crippen LogP contribution in [-0.4, -0.2) is 36.5 Å². The predicted octanol–water partition coefficient (Wildman–Crippen LogP) is 10.3. The molecule has 1 saturated heterocycles. The lowest BCUT2D eigenvalue weighted by molar-refractivity contribution is -0.254. The molecule has 2 aliphatic heterocycles. The molecule has 0 spiro atoms. The van der Waals surface area contributed by atoms with Gasteiger partial charge in [-0.1, -0.05) is 158 Å². The molecule has 1 fully saturated rings. The third-order valence-electron chi connectivity index (χ3n) is 9.73. The Hall–Kier alpha value is -4.73. The number of para-hydroxylation sites is 2. The van der Waals surface area contributed by atoms with Gasteiger partial charge >= 0.3 is 0 Å². The highest BCUT2D eigenvalue weighted by Crippen LogP contribution is 2.52. The molecule has 7 heteroatoms. The molecule has 6 aromatic carbocycles. The van der Waals surface area contributed by atoms with Crippen LogP contribution in [-0.2, 0) is 50.1 Å². The molecule has 0 saturated carbocycles. The van der Waals surface area contributed by atoms with Gasteiger partial charge in [0, 0.05) is 11.1 Å². The van der Waals surface area contributed by atoms with E-state index in [0.29, 0.717) is 33.0 Å². The molecule has 2 heterocycles. The maximum atomic E-state index is 7.21. The molecule has 6 aromatic rings. The maximum absolute atomic E-state index is 7.21. The van der Waals surface area contributed by atoms with Crippen LogP contribution in [0.5, 0.6) is 11.5 Å². The van der Waals surface area contributed by atoms with Crippen molar-refractivity contribution in [2.24, 2.45) is 0 Å². The fraction of sp³-hybridized carbons (Fsp3) is 0.234. The van der Waals surface area contributed by atoms with Gasteiger partial charge in [-0.3, -0.25) is 0 Å². The summed E-state index contributed by atoms with van der Waals surface area (Å²) in [5.74, 6) is 1.69. The molecule has 0 aromatic heterocycles. The fourth-order valence-electron chi connectivity index (χ4n) is 7.00. The van der Waals surface area contributed by atoms with Crippen molar-refractivity contribution in [1.29, 1.82) is 0 Å². The molecule has 0 amide bonds. The molecule has 2 aliphatic rings. The number of hydrogen-bond acceptors (Lipinski definition) is 7. The molecule has 6 nitrogen and oxygen atoms in total. The van der Waals surface area contributed by atoms with Crippen molar-refractivity contribution >= 4 is 11.8 Å². The number of thioether (sulfide) groups is 1. The highest BCUT2D eigenvalue weighted by atomic mass is 32.2. The minimum Gasteiger partial charge on any atom is -0.457 e. The van der Waals surface area contributed by atoms with E-state index in [2.05, 4.69) is 72.8 Å². The van der Waals surface area contributed by atoms with Crippen LogP contribution in [0.2, 0.25) is 0 Å². The third-order valence-corrected chi connectivity index (χ3v) is 11.2. The van der Waals surface area contributed by atoms with Crippen molar-refractivity contribution in [3.63, 3.8) is 0 Å². The topological polar surface area (TPSA) is 55.4 Å². The van der Waals surface area contributed by atoms with Gasteiger partial charge in [0.1, 0.15) is 41.4 Å². The predicted molar refractivity (Wildman–Crippen MR) is 212 cm³/mol. The van der Waals surface area contributed by atoms with Gasteiger partial charge in [-0.15, -0.1) is 11.8 Å². The van der Waals surface area contributed by atoms with E-state index >= 15 is 0 Å². The zero-order chi connectivity index (χ0) is 36.4. The van der Waals surface area contributed by atoms with E-state index in [4.69, 9.17) is 28.4 Å². The lowest BCUT2D eigenvalue weighted by atomic mass is 9.98. The summed E-state index contributed by atoms with van der Waals surface area (Å²) in [6.07, 6.45) is -1.97. The van der Waals surface area contributed by atoms with Crippen LogP contribution in [0.3, 0.4) is 0 Å². The third kappa shape index (κ3) is 8.96. The molecule has 274 valence electrons. The Morgan fingerprint density at radius 2 is 0.833 bits per heavy atom. The van der Waals surface area contributed by atoms with E-state index in [9.17, 15) is 0 Å². The molecule has 54 heavy (non-hydrogen) atoms. The summed E-state index contributed by atoms with van der Waals surface area (Å²) in [5.41, 5.74) is 6.02. The first-order valence-electron chi connectivity index (χ1n) is 18.5. The van der Waals surface area contributed by atoms with Gasteiger partial charge in [0.25, 0.3) is 0 Å². The summed E-state index contributed by atoms with van der Waals surface area (Å²) in [6.45, 7) is 1.93. The monoisotopic (exact) mass is 736 g/mol. The van der Waals surface area contributed by atoms with Gasteiger partial charge in [-0.2, -0.15) is 0 Å².